The number of hydrogen-bond acceptors (Lipinski definition) is 5. The molecule has 1 aromatic heterocycles. The number of anilines is 1. The molecule has 1 N–H and O–H groups in total. The molecule has 1 aliphatic rings. The molecule has 31 heavy (non-hydrogen) atoms. The molecule has 0 bridgehead atoms. The van der Waals surface area contributed by atoms with E-state index in [-0.39, 0.29) is 17.9 Å². The molecule has 1 aliphatic heterocycles. The van der Waals surface area contributed by atoms with Gasteiger partial charge >= 0.3 is 0 Å². The van der Waals surface area contributed by atoms with E-state index in [1.165, 1.54) is 11.3 Å². The van der Waals surface area contributed by atoms with Gasteiger partial charge < -0.3 is 19.7 Å². The number of carbonyl (C=O) groups excluding carboxylic acids is 2. The number of ether oxygens (including phenoxy) is 2. The first kappa shape index (κ1) is 23.3. The summed E-state index contributed by atoms with van der Waals surface area (Å²) >= 11 is 1.32. The number of aryl methyl sites for hydroxylation is 1. The first-order valence-corrected chi connectivity index (χ1v) is 11.5. The molecule has 6 nitrogen and oxygen atoms in total. The minimum atomic E-state index is -0.502. The van der Waals surface area contributed by atoms with Gasteiger partial charge in [0.15, 0.2) is 0 Å². The maximum Gasteiger partial charge on any atom is 0.264 e. The van der Waals surface area contributed by atoms with Crippen molar-refractivity contribution in [2.75, 3.05) is 25.6 Å². The number of nitrogens with one attached hydrogen (secondary N) is 1. The lowest BCUT2D eigenvalue weighted by atomic mass is 9.96. The number of carbonyl (C=O) groups is 2. The van der Waals surface area contributed by atoms with E-state index in [0.29, 0.717) is 23.0 Å². The molecule has 168 valence electrons. The van der Waals surface area contributed by atoms with Gasteiger partial charge in [0.05, 0.1) is 23.1 Å². The zero-order valence-electron chi connectivity index (χ0n) is 19.0. The van der Waals surface area contributed by atoms with Gasteiger partial charge in [0.1, 0.15) is 5.75 Å². The van der Waals surface area contributed by atoms with Crippen molar-refractivity contribution < 1.29 is 19.1 Å². The van der Waals surface area contributed by atoms with Crippen LogP contribution in [0.3, 0.4) is 0 Å². The number of methoxy groups -OCH3 is 1. The Morgan fingerprint density at radius 3 is 2.68 bits per heavy atom. The molecular formula is C24H32N2O4S. The molecule has 0 spiro atoms. The van der Waals surface area contributed by atoms with E-state index in [0.717, 1.165) is 36.3 Å². The Hall–Kier alpha value is -2.38. The Morgan fingerprint density at radius 2 is 2.03 bits per heavy atom. The number of para-hydroxylation sites is 1. The van der Waals surface area contributed by atoms with Gasteiger partial charge in [-0.25, -0.2) is 0 Å². The zero-order chi connectivity index (χ0) is 22.6. The molecular weight excluding hydrogens is 412 g/mol. The lowest BCUT2D eigenvalue weighted by Crippen LogP contribution is -2.37. The Balaban J connectivity index is 1.84. The van der Waals surface area contributed by atoms with Gasteiger partial charge in [-0.3, -0.25) is 9.59 Å². The van der Waals surface area contributed by atoms with Gasteiger partial charge in [-0.15, -0.1) is 11.3 Å². The van der Waals surface area contributed by atoms with Crippen molar-refractivity contribution in [1.82, 2.24) is 4.90 Å². The van der Waals surface area contributed by atoms with Crippen molar-refractivity contribution in [2.45, 2.75) is 53.2 Å². The van der Waals surface area contributed by atoms with Crippen molar-refractivity contribution in [3.8, 4) is 5.75 Å². The molecule has 2 aromatic rings. The number of amides is 2. The Kier molecular flexibility index (Phi) is 7.38. The van der Waals surface area contributed by atoms with E-state index in [1.807, 2.05) is 62.9 Å². The molecule has 0 radical (unpaired) electrons. The Bertz CT molecular complexity index is 926. The summed E-state index contributed by atoms with van der Waals surface area (Å²) < 4.78 is 11.3. The van der Waals surface area contributed by atoms with Gasteiger partial charge in [0.2, 0.25) is 5.91 Å². The first-order chi connectivity index (χ1) is 14.7. The molecule has 1 fully saturated rings. The first-order valence-electron chi connectivity index (χ1n) is 10.6. The van der Waals surface area contributed by atoms with Crippen LogP contribution in [-0.2, 0) is 16.1 Å². The smallest absolute Gasteiger partial charge is 0.264 e. The molecule has 7 heteroatoms. The molecule has 0 aliphatic carbocycles. The van der Waals surface area contributed by atoms with E-state index in [4.69, 9.17) is 9.47 Å². The summed E-state index contributed by atoms with van der Waals surface area (Å²) in [5, 5.41) is 3.63. The maximum absolute atomic E-state index is 13.6. The van der Waals surface area contributed by atoms with Crippen LogP contribution in [0.5, 0.6) is 5.75 Å². The third kappa shape index (κ3) is 5.86. The SMILES string of the molecule is COc1ccccc1CN(CC1CCCO1)C(=O)c1sc(NC(=O)C(C)(C)C)cc1C. The summed E-state index contributed by atoms with van der Waals surface area (Å²) in [5.74, 6) is 0.631. The molecule has 2 amide bonds. The summed E-state index contributed by atoms with van der Waals surface area (Å²) in [5.41, 5.74) is 1.31. The predicted molar refractivity (Wildman–Crippen MR) is 124 cm³/mol. The minimum absolute atomic E-state index is 0.0407. The summed E-state index contributed by atoms with van der Waals surface area (Å²) in [6, 6.07) is 9.62. The second kappa shape index (κ2) is 9.83. The van der Waals surface area contributed by atoms with Crippen molar-refractivity contribution >= 4 is 28.2 Å². The quantitative estimate of drug-likeness (QED) is 0.661. The van der Waals surface area contributed by atoms with Crippen LogP contribution in [0.15, 0.2) is 30.3 Å². The second-order valence-corrected chi connectivity index (χ2v) is 10.0. The molecule has 1 saturated heterocycles. The molecule has 1 aromatic carbocycles. The molecule has 3 rings (SSSR count). The highest BCUT2D eigenvalue weighted by Crippen LogP contribution is 2.31. The lowest BCUT2D eigenvalue weighted by Gasteiger charge is -2.26. The number of hydrogen-bond donors (Lipinski definition) is 1. The predicted octanol–water partition coefficient (Wildman–Crippen LogP) is 4.87. The van der Waals surface area contributed by atoms with Crippen LogP contribution in [0, 0.1) is 12.3 Å². The van der Waals surface area contributed by atoms with Crippen LogP contribution < -0.4 is 10.1 Å². The van der Waals surface area contributed by atoms with Gasteiger partial charge in [-0.05, 0) is 37.5 Å². The van der Waals surface area contributed by atoms with Crippen molar-refractivity contribution in [1.29, 1.82) is 0 Å². The van der Waals surface area contributed by atoms with Crippen LogP contribution in [0.4, 0.5) is 5.00 Å². The summed E-state index contributed by atoms with van der Waals surface area (Å²) in [6.45, 7) is 9.20. The van der Waals surface area contributed by atoms with Crippen LogP contribution in [0.25, 0.3) is 0 Å². The van der Waals surface area contributed by atoms with E-state index < -0.39 is 5.41 Å². The van der Waals surface area contributed by atoms with Gasteiger partial charge in [-0.1, -0.05) is 39.0 Å². The molecule has 1 unspecified atom stereocenters. The van der Waals surface area contributed by atoms with E-state index in [1.54, 1.807) is 7.11 Å². The fourth-order valence-corrected chi connectivity index (χ4v) is 4.53. The maximum atomic E-state index is 13.6. The topological polar surface area (TPSA) is 67.9 Å². The molecule has 1 atom stereocenters. The highest BCUT2D eigenvalue weighted by atomic mass is 32.1. The Labute approximate surface area is 188 Å². The number of nitrogens with zero attached hydrogens (tertiary/aromatic N) is 1. The summed E-state index contributed by atoms with van der Waals surface area (Å²) in [6.07, 6.45) is 2.01. The van der Waals surface area contributed by atoms with Crippen molar-refractivity contribution in [2.24, 2.45) is 5.41 Å². The fraction of sp³-hybridized carbons (Fsp3) is 0.500. The third-order valence-electron chi connectivity index (χ3n) is 5.32. The van der Waals surface area contributed by atoms with Gasteiger partial charge in [0.25, 0.3) is 5.91 Å². The van der Waals surface area contributed by atoms with Crippen LogP contribution in [0.2, 0.25) is 0 Å². The highest BCUT2D eigenvalue weighted by Gasteiger charge is 2.28. The second-order valence-electron chi connectivity index (χ2n) is 8.96. The number of rotatable bonds is 7. The average molecular weight is 445 g/mol. The average Bonchev–Trinajstić information content (AvgIpc) is 3.36. The normalized spacial score (nSPS) is 16.2. The van der Waals surface area contributed by atoms with E-state index in [2.05, 4.69) is 5.32 Å². The number of thiophene rings is 1. The third-order valence-corrected chi connectivity index (χ3v) is 6.46. The van der Waals surface area contributed by atoms with Crippen LogP contribution >= 0.6 is 11.3 Å². The van der Waals surface area contributed by atoms with Crippen molar-refractivity contribution in [3.63, 3.8) is 0 Å². The van der Waals surface area contributed by atoms with Crippen LogP contribution in [-0.4, -0.2) is 43.1 Å². The van der Waals surface area contributed by atoms with E-state index >= 15 is 0 Å². The highest BCUT2D eigenvalue weighted by molar-refractivity contribution is 7.18. The monoisotopic (exact) mass is 444 g/mol. The zero-order valence-corrected chi connectivity index (χ0v) is 19.8. The number of benzene rings is 1. The summed E-state index contributed by atoms with van der Waals surface area (Å²) in [4.78, 5) is 28.4. The molecule has 0 saturated carbocycles. The van der Waals surface area contributed by atoms with Crippen LogP contribution in [0.1, 0.15) is 54.4 Å². The largest absolute Gasteiger partial charge is 0.496 e. The lowest BCUT2D eigenvalue weighted by molar-refractivity contribution is -0.123. The van der Waals surface area contributed by atoms with Gasteiger partial charge in [0, 0.05) is 30.7 Å². The van der Waals surface area contributed by atoms with Crippen molar-refractivity contribution in [3.05, 3.63) is 46.3 Å². The van der Waals surface area contributed by atoms with E-state index in [9.17, 15) is 9.59 Å². The molecule has 2 heterocycles. The standard InChI is InChI=1S/C24H32N2O4S/c1-16-13-20(25-23(28)24(2,3)4)31-21(16)22(27)26(15-18-10-8-12-30-18)14-17-9-6-7-11-19(17)29-5/h6-7,9,11,13,18H,8,10,12,14-15H2,1-5H3,(H,25,28). The summed E-state index contributed by atoms with van der Waals surface area (Å²) in [7, 11) is 1.64. The minimum Gasteiger partial charge on any atom is -0.496 e. The Morgan fingerprint density at radius 1 is 1.29 bits per heavy atom. The van der Waals surface area contributed by atoms with Gasteiger partial charge in [-0.2, -0.15) is 0 Å². The fourth-order valence-electron chi connectivity index (χ4n) is 3.49.